The fraction of sp³-hybridized carbons (Fsp3) is 0.0833. The van der Waals surface area contributed by atoms with Crippen LogP contribution in [0.15, 0.2) is 54.3 Å². The average Bonchev–Trinajstić information content (AvgIpc) is 2.31. The third kappa shape index (κ3) is 1.90. The van der Waals surface area contributed by atoms with Gasteiger partial charge in [0.2, 0.25) is 0 Å². The van der Waals surface area contributed by atoms with Gasteiger partial charge in [-0.15, -0.1) is 0 Å². The summed E-state index contributed by atoms with van der Waals surface area (Å²) in [5.74, 6) is 0. The van der Waals surface area contributed by atoms with Gasteiger partial charge in [-0.1, -0.05) is 18.2 Å². The Kier molecular flexibility index (Phi) is 2.53. The molecule has 1 atom stereocenters. The molecule has 0 saturated carbocycles. The van der Waals surface area contributed by atoms with Crippen LogP contribution in [0.4, 0.5) is 5.69 Å². The number of aliphatic hydroxyl groups is 1. The summed E-state index contributed by atoms with van der Waals surface area (Å²) in [7, 11) is 0. The second-order valence-electron chi connectivity index (χ2n) is 3.21. The van der Waals surface area contributed by atoms with Crippen LogP contribution < -0.4 is 4.90 Å². The lowest BCUT2D eigenvalue weighted by atomic mass is 10.2. The van der Waals surface area contributed by atoms with Gasteiger partial charge in [0.05, 0.1) is 5.57 Å². The van der Waals surface area contributed by atoms with Crippen molar-refractivity contribution in [3.63, 3.8) is 0 Å². The molecule has 1 heterocycles. The first-order valence-corrected chi connectivity index (χ1v) is 4.63. The summed E-state index contributed by atoms with van der Waals surface area (Å²) in [4.78, 5) is 1.65. The molecule has 0 radical (unpaired) electrons. The van der Waals surface area contributed by atoms with E-state index in [2.05, 4.69) is 0 Å². The van der Waals surface area contributed by atoms with Crippen molar-refractivity contribution >= 4 is 5.69 Å². The molecule has 1 unspecified atom stereocenters. The van der Waals surface area contributed by atoms with Crippen LogP contribution in [-0.2, 0) is 0 Å². The topological polar surface area (TPSA) is 47.3 Å². The van der Waals surface area contributed by atoms with E-state index in [9.17, 15) is 5.11 Å². The summed E-state index contributed by atoms with van der Waals surface area (Å²) in [5, 5.41) is 18.5. The van der Waals surface area contributed by atoms with Crippen LogP contribution in [-0.4, -0.2) is 11.3 Å². The fourth-order valence-corrected chi connectivity index (χ4v) is 1.45. The molecule has 15 heavy (non-hydrogen) atoms. The van der Waals surface area contributed by atoms with Crippen molar-refractivity contribution in [2.75, 3.05) is 4.90 Å². The van der Waals surface area contributed by atoms with Gasteiger partial charge in [0.25, 0.3) is 0 Å². The molecule has 1 aromatic rings. The molecule has 1 N–H and O–H groups in total. The van der Waals surface area contributed by atoms with Crippen LogP contribution in [0.25, 0.3) is 0 Å². The van der Waals surface area contributed by atoms with E-state index < -0.39 is 6.23 Å². The molecule has 0 spiro atoms. The monoisotopic (exact) mass is 198 g/mol. The number of hydrogen-bond donors (Lipinski definition) is 1. The minimum Gasteiger partial charge on any atom is -0.370 e. The highest BCUT2D eigenvalue weighted by Crippen LogP contribution is 2.20. The van der Waals surface area contributed by atoms with Gasteiger partial charge in [-0.3, -0.25) is 0 Å². The van der Waals surface area contributed by atoms with E-state index in [1.807, 2.05) is 36.4 Å². The van der Waals surface area contributed by atoms with Crippen LogP contribution in [0.5, 0.6) is 0 Å². The lowest BCUT2D eigenvalue weighted by Crippen LogP contribution is -2.30. The number of hydrogen-bond acceptors (Lipinski definition) is 3. The molecule has 1 aromatic carbocycles. The van der Waals surface area contributed by atoms with Gasteiger partial charge < -0.3 is 10.0 Å². The zero-order chi connectivity index (χ0) is 10.7. The van der Waals surface area contributed by atoms with Crippen molar-refractivity contribution < 1.29 is 5.11 Å². The zero-order valence-electron chi connectivity index (χ0n) is 8.04. The summed E-state index contributed by atoms with van der Waals surface area (Å²) in [5.41, 5.74) is 1.39. The molecule has 0 fully saturated rings. The van der Waals surface area contributed by atoms with Crippen LogP contribution in [0, 0.1) is 11.3 Å². The Balaban J connectivity index is 2.34. The molecule has 0 amide bonds. The first-order valence-electron chi connectivity index (χ1n) is 4.63. The maximum Gasteiger partial charge on any atom is 0.150 e. The number of anilines is 1. The molecule has 0 aromatic heterocycles. The summed E-state index contributed by atoms with van der Waals surface area (Å²) in [6, 6.07) is 11.5. The number of aliphatic hydroxyl groups excluding tert-OH is 1. The number of benzene rings is 1. The van der Waals surface area contributed by atoms with E-state index in [1.54, 1.807) is 23.3 Å². The van der Waals surface area contributed by atoms with E-state index in [0.717, 1.165) is 5.69 Å². The number of para-hydroxylation sites is 1. The molecule has 1 aliphatic heterocycles. The minimum atomic E-state index is -0.704. The van der Waals surface area contributed by atoms with Crippen molar-refractivity contribution in [3.05, 3.63) is 54.3 Å². The lowest BCUT2D eigenvalue weighted by molar-refractivity contribution is 0.226. The second kappa shape index (κ2) is 3.99. The van der Waals surface area contributed by atoms with Crippen molar-refractivity contribution in [2.24, 2.45) is 0 Å². The van der Waals surface area contributed by atoms with Crippen LogP contribution in [0.2, 0.25) is 0 Å². The third-order valence-corrected chi connectivity index (χ3v) is 2.19. The van der Waals surface area contributed by atoms with Gasteiger partial charge >= 0.3 is 0 Å². The number of rotatable bonds is 1. The van der Waals surface area contributed by atoms with Crippen molar-refractivity contribution in [3.8, 4) is 6.07 Å². The maximum absolute atomic E-state index is 9.72. The molecule has 0 aliphatic carbocycles. The molecule has 3 heteroatoms. The summed E-state index contributed by atoms with van der Waals surface area (Å²) >= 11 is 0. The van der Waals surface area contributed by atoms with E-state index in [-0.39, 0.29) is 0 Å². The number of nitriles is 1. The minimum absolute atomic E-state index is 0.532. The Morgan fingerprint density at radius 3 is 2.67 bits per heavy atom. The molecule has 74 valence electrons. The van der Waals surface area contributed by atoms with E-state index in [0.29, 0.717) is 5.57 Å². The Hall–Kier alpha value is -2.05. The van der Waals surface area contributed by atoms with Gasteiger partial charge in [-0.2, -0.15) is 5.26 Å². The van der Waals surface area contributed by atoms with Crippen LogP contribution in [0.3, 0.4) is 0 Å². The average molecular weight is 198 g/mol. The number of allylic oxidation sites excluding steroid dienone is 2. The molecule has 0 bridgehead atoms. The summed E-state index contributed by atoms with van der Waals surface area (Å²) < 4.78 is 0. The maximum atomic E-state index is 9.72. The highest BCUT2D eigenvalue weighted by Gasteiger charge is 2.15. The van der Waals surface area contributed by atoms with Gasteiger partial charge in [0.1, 0.15) is 12.3 Å². The largest absolute Gasteiger partial charge is 0.370 e. The van der Waals surface area contributed by atoms with Crippen molar-refractivity contribution in [1.82, 2.24) is 0 Å². The summed E-state index contributed by atoms with van der Waals surface area (Å²) in [6.45, 7) is 0. The van der Waals surface area contributed by atoms with E-state index >= 15 is 0 Å². The van der Waals surface area contributed by atoms with Crippen molar-refractivity contribution in [1.29, 1.82) is 5.26 Å². The van der Waals surface area contributed by atoms with Gasteiger partial charge in [0.15, 0.2) is 0 Å². The zero-order valence-corrected chi connectivity index (χ0v) is 8.04. The Bertz CT molecular complexity index is 442. The first-order chi connectivity index (χ1) is 7.31. The Morgan fingerprint density at radius 1 is 1.27 bits per heavy atom. The molecule has 3 nitrogen and oxygen atoms in total. The van der Waals surface area contributed by atoms with E-state index in [4.69, 9.17) is 5.26 Å². The highest BCUT2D eigenvalue weighted by molar-refractivity contribution is 5.55. The lowest BCUT2D eigenvalue weighted by Gasteiger charge is -2.26. The Morgan fingerprint density at radius 2 is 2.00 bits per heavy atom. The Labute approximate surface area is 88.2 Å². The highest BCUT2D eigenvalue weighted by atomic mass is 16.3. The normalized spacial score (nSPS) is 19.6. The molecule has 1 aliphatic rings. The molecule has 2 rings (SSSR count). The number of nitrogens with zero attached hydrogens (tertiary/aromatic N) is 2. The fourth-order valence-electron chi connectivity index (χ4n) is 1.45. The predicted octanol–water partition coefficient (Wildman–Crippen LogP) is 1.79. The van der Waals surface area contributed by atoms with Gasteiger partial charge in [-0.05, 0) is 24.3 Å². The third-order valence-electron chi connectivity index (χ3n) is 2.19. The second-order valence-corrected chi connectivity index (χ2v) is 3.21. The standard InChI is InChI=1S/C12H10N2O/c13-8-10-6-7-12(15)14(9-10)11-4-2-1-3-5-11/h1-7,9,12,15H. The van der Waals surface area contributed by atoms with Crippen LogP contribution in [0.1, 0.15) is 0 Å². The molecular formula is C12H10N2O. The van der Waals surface area contributed by atoms with Crippen molar-refractivity contribution in [2.45, 2.75) is 6.23 Å². The SMILES string of the molecule is N#CC1=CN(c2ccccc2)C(O)C=C1. The quantitative estimate of drug-likeness (QED) is 0.748. The smallest absolute Gasteiger partial charge is 0.150 e. The molecule has 0 saturated heterocycles. The molecular weight excluding hydrogens is 188 g/mol. The van der Waals surface area contributed by atoms with Gasteiger partial charge in [0, 0.05) is 11.9 Å². The first kappa shape index (κ1) is 9.50. The predicted molar refractivity (Wildman–Crippen MR) is 57.8 cm³/mol. The van der Waals surface area contributed by atoms with E-state index in [1.165, 1.54) is 0 Å². The summed E-state index contributed by atoms with van der Waals surface area (Å²) in [6.07, 6.45) is 4.14. The van der Waals surface area contributed by atoms with Gasteiger partial charge in [-0.25, -0.2) is 0 Å². The van der Waals surface area contributed by atoms with Crippen LogP contribution >= 0.6 is 0 Å².